The van der Waals surface area contributed by atoms with Crippen LogP contribution in [0.25, 0.3) is 5.76 Å². The predicted molar refractivity (Wildman–Crippen MR) is 148 cm³/mol. The third kappa shape index (κ3) is 6.30. The topological polar surface area (TPSA) is 97.8 Å². The smallest absolute Gasteiger partial charge is 0.295 e. The van der Waals surface area contributed by atoms with Crippen molar-refractivity contribution in [1.29, 1.82) is 0 Å². The highest BCUT2D eigenvalue weighted by Crippen LogP contribution is 2.43. The monoisotopic (exact) mass is 538 g/mol. The molecule has 0 aliphatic carbocycles. The Morgan fingerprint density at radius 3 is 2.51 bits per heavy atom. The molecule has 0 spiro atoms. The Kier molecular flexibility index (Phi) is 9.35. The van der Waals surface area contributed by atoms with E-state index in [2.05, 4.69) is 6.92 Å². The van der Waals surface area contributed by atoms with E-state index < -0.39 is 17.7 Å². The first-order chi connectivity index (χ1) is 18.8. The minimum absolute atomic E-state index is 0.0280. The largest absolute Gasteiger partial charge is 0.507 e. The third-order valence-electron chi connectivity index (χ3n) is 6.87. The molecule has 0 bridgehead atoms. The van der Waals surface area contributed by atoms with Crippen LogP contribution in [0.5, 0.6) is 23.0 Å². The Morgan fingerprint density at radius 2 is 1.79 bits per heavy atom. The van der Waals surface area contributed by atoms with Gasteiger partial charge in [0, 0.05) is 12.1 Å². The van der Waals surface area contributed by atoms with Gasteiger partial charge >= 0.3 is 0 Å². The Balaban J connectivity index is 1.75. The van der Waals surface area contributed by atoms with Crippen LogP contribution >= 0.6 is 0 Å². The second-order valence-electron chi connectivity index (χ2n) is 9.97. The Morgan fingerprint density at radius 1 is 1.03 bits per heavy atom. The average molecular weight is 539 g/mol. The van der Waals surface area contributed by atoms with Crippen LogP contribution in [0, 0.1) is 0 Å². The summed E-state index contributed by atoms with van der Waals surface area (Å²) in [5, 5.41) is 11.4. The van der Waals surface area contributed by atoms with Gasteiger partial charge in [-0.2, -0.15) is 0 Å². The molecule has 210 valence electrons. The van der Waals surface area contributed by atoms with Crippen LogP contribution in [-0.4, -0.2) is 80.7 Å². The molecular formula is C30H38N2O7. The van der Waals surface area contributed by atoms with E-state index >= 15 is 0 Å². The number of ether oxygens (including phenoxy) is 4. The number of aliphatic hydroxyl groups is 1. The summed E-state index contributed by atoms with van der Waals surface area (Å²) in [5.41, 5.74) is 1.05. The first-order valence-corrected chi connectivity index (χ1v) is 13.5. The number of hydrogen-bond acceptors (Lipinski definition) is 8. The van der Waals surface area contributed by atoms with Crippen LogP contribution in [0.2, 0.25) is 0 Å². The molecule has 1 amide bonds. The number of fused-ring (bicyclic) bond motifs is 1. The van der Waals surface area contributed by atoms with Gasteiger partial charge in [0.25, 0.3) is 11.7 Å². The van der Waals surface area contributed by atoms with Crippen LogP contribution in [0.15, 0.2) is 42.0 Å². The highest BCUT2D eigenvalue weighted by atomic mass is 16.6. The molecule has 1 saturated heterocycles. The fourth-order valence-electron chi connectivity index (χ4n) is 4.87. The molecule has 4 rings (SSSR count). The first-order valence-electron chi connectivity index (χ1n) is 13.5. The fraction of sp³-hybridized carbons (Fsp3) is 0.467. The minimum atomic E-state index is -0.789. The van der Waals surface area contributed by atoms with Crippen LogP contribution in [0.4, 0.5) is 0 Å². The standard InChI is InChI=1S/C30H38N2O7/c1-5-6-7-15-37-22-11-9-20(18-24(22)36-4)27-26(29(34)30(35)32(27)14-8-13-31(2)3)28(33)21-10-12-23-25(19-21)39-17-16-38-23/h9-12,18-19,27,33H,5-8,13-17H2,1-4H3/b28-26+. The third-order valence-corrected chi connectivity index (χ3v) is 6.87. The van der Waals surface area contributed by atoms with Crippen molar-refractivity contribution in [3.05, 3.63) is 53.1 Å². The molecule has 2 aliphatic heterocycles. The lowest BCUT2D eigenvalue weighted by molar-refractivity contribution is -0.139. The molecule has 0 radical (unpaired) electrons. The van der Waals surface area contributed by atoms with E-state index in [1.165, 1.54) is 4.90 Å². The molecule has 2 aliphatic rings. The predicted octanol–water partition coefficient (Wildman–Crippen LogP) is 4.41. The van der Waals surface area contributed by atoms with Crippen molar-refractivity contribution in [3.8, 4) is 23.0 Å². The Hall–Kier alpha value is -3.72. The number of hydrogen-bond donors (Lipinski definition) is 1. The van der Waals surface area contributed by atoms with Crippen LogP contribution < -0.4 is 18.9 Å². The summed E-state index contributed by atoms with van der Waals surface area (Å²) in [4.78, 5) is 30.2. The second kappa shape index (κ2) is 12.9. The van der Waals surface area contributed by atoms with Crippen LogP contribution in [0.1, 0.15) is 49.8 Å². The number of benzene rings is 2. The van der Waals surface area contributed by atoms with Gasteiger partial charge in [0.15, 0.2) is 23.0 Å². The van der Waals surface area contributed by atoms with Gasteiger partial charge < -0.3 is 33.9 Å². The summed E-state index contributed by atoms with van der Waals surface area (Å²) in [5.74, 6) is 0.513. The van der Waals surface area contributed by atoms with Crippen molar-refractivity contribution in [2.45, 2.75) is 38.6 Å². The van der Waals surface area contributed by atoms with Crippen LogP contribution in [0.3, 0.4) is 0 Å². The van der Waals surface area contributed by atoms with Crippen molar-refractivity contribution in [1.82, 2.24) is 9.80 Å². The molecule has 0 saturated carbocycles. The number of unbranched alkanes of at least 4 members (excludes halogenated alkanes) is 2. The number of methoxy groups -OCH3 is 1. The second-order valence-corrected chi connectivity index (χ2v) is 9.97. The van der Waals surface area contributed by atoms with E-state index in [0.717, 1.165) is 25.8 Å². The van der Waals surface area contributed by atoms with Gasteiger partial charge in [-0.15, -0.1) is 0 Å². The van der Waals surface area contributed by atoms with Gasteiger partial charge in [0.05, 0.1) is 25.3 Å². The fourth-order valence-corrected chi connectivity index (χ4v) is 4.87. The highest BCUT2D eigenvalue weighted by molar-refractivity contribution is 6.46. The van der Waals surface area contributed by atoms with Gasteiger partial charge in [-0.1, -0.05) is 25.8 Å². The molecule has 2 aromatic rings. The van der Waals surface area contributed by atoms with E-state index in [4.69, 9.17) is 18.9 Å². The van der Waals surface area contributed by atoms with E-state index in [9.17, 15) is 14.7 Å². The molecule has 1 unspecified atom stereocenters. The maximum Gasteiger partial charge on any atom is 0.295 e. The van der Waals surface area contributed by atoms with Gasteiger partial charge in [-0.25, -0.2) is 0 Å². The SMILES string of the molecule is CCCCCOc1ccc(C2/C(=C(\O)c3ccc4c(c3)OCCO4)C(=O)C(=O)N2CCCN(C)C)cc1OC. The molecule has 2 heterocycles. The van der Waals surface area contributed by atoms with E-state index in [1.807, 2.05) is 25.1 Å². The quantitative estimate of drug-likeness (QED) is 0.184. The van der Waals surface area contributed by atoms with E-state index in [0.29, 0.717) is 66.9 Å². The normalized spacial score (nSPS) is 18.1. The van der Waals surface area contributed by atoms with E-state index in [-0.39, 0.29) is 11.3 Å². The summed E-state index contributed by atoms with van der Waals surface area (Å²) in [6, 6.07) is 9.60. The van der Waals surface area contributed by atoms with Crippen molar-refractivity contribution in [2.75, 3.05) is 54.1 Å². The summed E-state index contributed by atoms with van der Waals surface area (Å²) in [6.07, 6.45) is 3.76. The van der Waals surface area contributed by atoms with Crippen molar-refractivity contribution in [2.24, 2.45) is 0 Å². The van der Waals surface area contributed by atoms with Gasteiger partial charge in [-0.05, 0) is 69.4 Å². The lowest BCUT2D eigenvalue weighted by Gasteiger charge is -2.26. The molecule has 0 aromatic heterocycles. The minimum Gasteiger partial charge on any atom is -0.507 e. The Labute approximate surface area is 229 Å². The average Bonchev–Trinajstić information content (AvgIpc) is 3.19. The molecule has 1 atom stereocenters. The number of ketones is 1. The molecular weight excluding hydrogens is 500 g/mol. The zero-order valence-electron chi connectivity index (χ0n) is 23.2. The zero-order chi connectivity index (χ0) is 27.9. The molecule has 1 N–H and O–H groups in total. The number of rotatable bonds is 12. The number of amides is 1. The number of likely N-dealkylation sites (tertiary alicyclic amines) is 1. The zero-order valence-corrected chi connectivity index (χ0v) is 23.2. The highest BCUT2D eigenvalue weighted by Gasteiger charge is 2.46. The lowest BCUT2D eigenvalue weighted by Crippen LogP contribution is -2.32. The first kappa shape index (κ1) is 28.3. The lowest BCUT2D eigenvalue weighted by atomic mass is 9.94. The number of nitrogens with zero attached hydrogens (tertiary/aromatic N) is 2. The van der Waals surface area contributed by atoms with Gasteiger partial charge in [0.1, 0.15) is 19.0 Å². The summed E-state index contributed by atoms with van der Waals surface area (Å²) in [6.45, 7) is 4.62. The summed E-state index contributed by atoms with van der Waals surface area (Å²) >= 11 is 0. The van der Waals surface area contributed by atoms with Crippen molar-refractivity contribution < 1.29 is 33.6 Å². The maximum atomic E-state index is 13.4. The van der Waals surface area contributed by atoms with Crippen molar-refractivity contribution in [3.63, 3.8) is 0 Å². The molecule has 9 heteroatoms. The molecule has 1 fully saturated rings. The maximum absolute atomic E-state index is 13.4. The van der Waals surface area contributed by atoms with Crippen LogP contribution in [-0.2, 0) is 9.59 Å². The number of Topliss-reactive ketones (excluding diaryl/α,β-unsaturated/α-hetero) is 1. The Bertz CT molecular complexity index is 1220. The van der Waals surface area contributed by atoms with Crippen molar-refractivity contribution >= 4 is 17.4 Å². The number of carbonyl (C=O) groups is 2. The summed E-state index contributed by atoms with van der Waals surface area (Å²) < 4.78 is 22.8. The van der Waals surface area contributed by atoms with Gasteiger partial charge in [0.2, 0.25) is 0 Å². The molecule has 9 nitrogen and oxygen atoms in total. The number of aliphatic hydroxyl groups excluding tert-OH is 1. The molecule has 2 aromatic carbocycles. The summed E-state index contributed by atoms with van der Waals surface area (Å²) in [7, 11) is 5.47. The molecule has 39 heavy (non-hydrogen) atoms. The van der Waals surface area contributed by atoms with Gasteiger partial charge in [-0.3, -0.25) is 9.59 Å². The van der Waals surface area contributed by atoms with E-state index in [1.54, 1.807) is 37.4 Å². The number of carbonyl (C=O) groups excluding carboxylic acids is 2.